The number of hydrogen-bond donors (Lipinski definition) is 3. The smallest absolute Gasteiger partial charge is 0.325 e. The van der Waals surface area contributed by atoms with Crippen molar-refractivity contribution in [3.8, 4) is 28.7 Å². The van der Waals surface area contributed by atoms with Gasteiger partial charge in [0.05, 0.1) is 32.8 Å². The van der Waals surface area contributed by atoms with Gasteiger partial charge in [0, 0.05) is 23.1 Å². The highest BCUT2D eigenvalue weighted by Crippen LogP contribution is 2.56. The molecule has 2 heterocycles. The zero-order valence-corrected chi connectivity index (χ0v) is 26.8. The van der Waals surface area contributed by atoms with Crippen molar-refractivity contribution < 1.29 is 47.9 Å². The molecular weight excluding hydrogens is 632 g/mol. The van der Waals surface area contributed by atoms with Gasteiger partial charge in [-0.2, -0.15) is 0 Å². The number of phenols is 1. The summed E-state index contributed by atoms with van der Waals surface area (Å²) in [5.41, 5.74) is 4.34. The third-order valence-corrected chi connectivity index (χ3v) is 9.15. The zero-order valence-electron chi connectivity index (χ0n) is 26.8. The van der Waals surface area contributed by atoms with Gasteiger partial charge in [0.1, 0.15) is 13.2 Å². The number of fused-ring (bicyclic) bond motifs is 3. The molecule has 1 fully saturated rings. The van der Waals surface area contributed by atoms with Crippen molar-refractivity contribution in [2.45, 2.75) is 18.6 Å². The Morgan fingerprint density at radius 2 is 1.55 bits per heavy atom. The number of anilines is 1. The summed E-state index contributed by atoms with van der Waals surface area (Å²) >= 11 is 0. The van der Waals surface area contributed by atoms with Gasteiger partial charge in [-0.1, -0.05) is 30.3 Å². The van der Waals surface area contributed by atoms with Gasteiger partial charge in [0.2, 0.25) is 12.5 Å². The van der Waals surface area contributed by atoms with Crippen LogP contribution in [-0.2, 0) is 25.7 Å². The summed E-state index contributed by atoms with van der Waals surface area (Å²) in [5, 5.41) is 16.8. The van der Waals surface area contributed by atoms with Gasteiger partial charge in [0.25, 0.3) is 5.91 Å². The lowest BCUT2D eigenvalue weighted by atomic mass is 9.65. The molecule has 0 spiro atoms. The lowest BCUT2D eigenvalue weighted by molar-refractivity contribution is -0.144. The van der Waals surface area contributed by atoms with Crippen LogP contribution in [0.1, 0.15) is 44.6 Å². The van der Waals surface area contributed by atoms with Gasteiger partial charge in [-0.25, -0.2) is 0 Å². The van der Waals surface area contributed by atoms with Crippen LogP contribution < -0.4 is 29.6 Å². The molecule has 7 rings (SSSR count). The number of hydrogen-bond acceptors (Lipinski definition) is 11. The highest BCUT2D eigenvalue weighted by atomic mass is 16.7. The molecule has 12 nitrogen and oxygen atoms in total. The molecule has 2 aliphatic heterocycles. The number of phenolic OH excluding ortho intramolecular Hbond substituents is 1. The number of rotatable bonds is 10. The van der Waals surface area contributed by atoms with Gasteiger partial charge in [0.15, 0.2) is 23.0 Å². The molecule has 3 aliphatic rings. The highest BCUT2D eigenvalue weighted by Gasteiger charge is 2.52. The van der Waals surface area contributed by atoms with Crippen LogP contribution in [0.3, 0.4) is 0 Å². The van der Waals surface area contributed by atoms with E-state index < -0.39 is 23.7 Å². The molecule has 252 valence electrons. The van der Waals surface area contributed by atoms with E-state index in [-0.39, 0.29) is 61.7 Å². The number of nitrogens with one attached hydrogen (secondary N) is 2. The summed E-state index contributed by atoms with van der Waals surface area (Å²) in [6.45, 7) is 0.111. The van der Waals surface area contributed by atoms with Gasteiger partial charge < -0.3 is 44.2 Å². The quantitative estimate of drug-likeness (QED) is 0.202. The standard InChI is InChI=1S/C37H34N2O10/c1-44-29-12-22(13-30(45-2)35(29)41)32-24-14-27-28(49-19-48-27)15-25(24)34(26-18-47-37(43)33(26)32)39-23-10-8-21(9-11-23)36(42)38-16-31(40)46-17-20-6-4-3-5-7-20/h3-15,26,32-34,39,41H,16-19H2,1-2H3,(H,38,42)/t26-,32+,33-,34+/m0/s1. The first-order chi connectivity index (χ1) is 23.8. The number of esters is 2. The Morgan fingerprint density at radius 1 is 0.878 bits per heavy atom. The predicted molar refractivity (Wildman–Crippen MR) is 175 cm³/mol. The van der Waals surface area contributed by atoms with E-state index in [1.54, 1.807) is 36.4 Å². The molecule has 12 heteroatoms. The average Bonchev–Trinajstić information content (AvgIpc) is 3.76. The van der Waals surface area contributed by atoms with Crippen molar-refractivity contribution in [1.29, 1.82) is 0 Å². The van der Waals surface area contributed by atoms with E-state index in [9.17, 15) is 19.5 Å². The average molecular weight is 667 g/mol. The second-order valence-electron chi connectivity index (χ2n) is 11.9. The van der Waals surface area contributed by atoms with Crippen LogP contribution in [0, 0.1) is 11.8 Å². The first kappa shape index (κ1) is 31.7. The molecule has 0 saturated carbocycles. The molecule has 0 bridgehead atoms. The number of aromatic hydroxyl groups is 1. The summed E-state index contributed by atoms with van der Waals surface area (Å²) in [6.07, 6.45) is 0. The number of ether oxygens (including phenoxy) is 6. The number of carbonyl (C=O) groups is 3. The van der Waals surface area contributed by atoms with Gasteiger partial charge >= 0.3 is 11.9 Å². The van der Waals surface area contributed by atoms with E-state index in [1.165, 1.54) is 14.2 Å². The summed E-state index contributed by atoms with van der Waals surface area (Å²) in [6, 6.07) is 23.0. The Morgan fingerprint density at radius 3 is 2.22 bits per heavy atom. The van der Waals surface area contributed by atoms with Crippen molar-refractivity contribution in [3.63, 3.8) is 0 Å². The molecule has 0 aromatic heterocycles. The van der Waals surface area contributed by atoms with E-state index >= 15 is 0 Å². The van der Waals surface area contributed by atoms with E-state index in [4.69, 9.17) is 28.4 Å². The summed E-state index contributed by atoms with van der Waals surface area (Å²) in [4.78, 5) is 38.5. The Labute approximate surface area is 281 Å². The fraction of sp³-hybridized carbons (Fsp3) is 0.270. The zero-order chi connectivity index (χ0) is 34.1. The number of methoxy groups -OCH3 is 2. The number of benzene rings is 4. The second-order valence-corrected chi connectivity index (χ2v) is 11.9. The minimum atomic E-state index is -0.587. The number of cyclic esters (lactones) is 1. The van der Waals surface area contributed by atoms with Crippen LogP contribution in [0.5, 0.6) is 28.7 Å². The van der Waals surface area contributed by atoms with E-state index in [0.29, 0.717) is 28.3 Å². The summed E-state index contributed by atoms with van der Waals surface area (Å²) < 4.78 is 33.3. The lowest BCUT2D eigenvalue weighted by Crippen LogP contribution is -2.37. The first-order valence-electron chi connectivity index (χ1n) is 15.7. The van der Waals surface area contributed by atoms with E-state index in [1.807, 2.05) is 42.5 Å². The SMILES string of the molecule is COc1cc([C@@H]2c3cc4c(cc3[C@@H](Nc3ccc(C(=O)NCC(=O)OCc5ccccc5)cc3)[C@H]3COC(=O)[C@H]23)OCO4)cc(OC)c1O. The Balaban J connectivity index is 1.13. The van der Waals surface area contributed by atoms with Crippen LogP contribution >= 0.6 is 0 Å². The monoisotopic (exact) mass is 666 g/mol. The molecule has 4 aromatic rings. The lowest BCUT2D eigenvalue weighted by Gasteiger charge is -2.40. The highest BCUT2D eigenvalue weighted by molar-refractivity contribution is 5.96. The third kappa shape index (κ3) is 6.13. The van der Waals surface area contributed by atoms with Gasteiger partial charge in [-0.05, 0) is 70.8 Å². The molecule has 1 saturated heterocycles. The molecule has 1 aliphatic carbocycles. The Bertz CT molecular complexity index is 1870. The molecule has 4 atom stereocenters. The van der Waals surface area contributed by atoms with Crippen molar-refractivity contribution in [1.82, 2.24) is 5.32 Å². The van der Waals surface area contributed by atoms with E-state index in [0.717, 1.165) is 16.7 Å². The van der Waals surface area contributed by atoms with Crippen molar-refractivity contribution in [2.24, 2.45) is 11.8 Å². The Hall–Kier alpha value is -5.91. The topological polar surface area (TPSA) is 151 Å². The number of carbonyl (C=O) groups excluding carboxylic acids is 3. The molecule has 3 N–H and O–H groups in total. The number of amides is 1. The van der Waals surface area contributed by atoms with Crippen molar-refractivity contribution >= 4 is 23.5 Å². The van der Waals surface area contributed by atoms with Crippen LogP contribution in [0.25, 0.3) is 0 Å². The fourth-order valence-electron chi connectivity index (χ4n) is 6.78. The molecule has 0 radical (unpaired) electrons. The Kier molecular flexibility index (Phi) is 8.60. The minimum Gasteiger partial charge on any atom is -0.502 e. The van der Waals surface area contributed by atoms with Crippen molar-refractivity contribution in [3.05, 3.63) is 107 Å². The van der Waals surface area contributed by atoms with Crippen molar-refractivity contribution in [2.75, 3.05) is 39.5 Å². The fourth-order valence-corrected chi connectivity index (χ4v) is 6.78. The summed E-state index contributed by atoms with van der Waals surface area (Å²) in [5.74, 6) is -1.22. The maximum absolute atomic E-state index is 13.5. The van der Waals surface area contributed by atoms with Gasteiger partial charge in [-0.3, -0.25) is 14.4 Å². The molecule has 49 heavy (non-hydrogen) atoms. The largest absolute Gasteiger partial charge is 0.502 e. The second kappa shape index (κ2) is 13.3. The molecule has 0 unspecified atom stereocenters. The van der Waals surface area contributed by atoms with Crippen LogP contribution in [0.2, 0.25) is 0 Å². The normalized spacial score (nSPS) is 20.0. The predicted octanol–water partition coefficient (Wildman–Crippen LogP) is 4.70. The molecule has 4 aromatic carbocycles. The van der Waals surface area contributed by atoms with Crippen LogP contribution in [0.4, 0.5) is 5.69 Å². The molecule has 1 amide bonds. The summed E-state index contributed by atoms with van der Waals surface area (Å²) in [7, 11) is 2.90. The first-order valence-corrected chi connectivity index (χ1v) is 15.7. The maximum atomic E-state index is 13.5. The minimum absolute atomic E-state index is 0.0744. The third-order valence-electron chi connectivity index (χ3n) is 9.15. The van der Waals surface area contributed by atoms with Crippen LogP contribution in [-0.4, -0.2) is 57.1 Å². The van der Waals surface area contributed by atoms with E-state index in [2.05, 4.69) is 10.6 Å². The van der Waals surface area contributed by atoms with Crippen LogP contribution in [0.15, 0.2) is 78.9 Å². The maximum Gasteiger partial charge on any atom is 0.325 e. The van der Waals surface area contributed by atoms with Gasteiger partial charge in [-0.15, -0.1) is 0 Å². The molecular formula is C37H34N2O10.